The van der Waals surface area contributed by atoms with Crippen molar-refractivity contribution in [2.24, 2.45) is 0 Å². The molecule has 1 saturated heterocycles. The quantitative estimate of drug-likeness (QED) is 0.784. The Morgan fingerprint density at radius 2 is 1.90 bits per heavy atom. The summed E-state index contributed by atoms with van der Waals surface area (Å²) in [5, 5.41) is 6.06. The zero-order valence-electron chi connectivity index (χ0n) is 16.3. The third-order valence-corrected chi connectivity index (χ3v) is 5.31. The predicted molar refractivity (Wildman–Crippen MR) is 113 cm³/mol. The van der Waals surface area contributed by atoms with Gasteiger partial charge < -0.3 is 20.3 Å². The monoisotopic (exact) mass is 426 g/mol. The van der Waals surface area contributed by atoms with Gasteiger partial charge in [0.2, 0.25) is 0 Å². The molecule has 2 aromatic rings. The number of anilines is 2. The van der Waals surface area contributed by atoms with E-state index >= 15 is 0 Å². The molecule has 4 amide bonds. The molecule has 0 radical (unpaired) electrons. The number of likely N-dealkylation sites (N-methyl/N-ethyl adjacent to an activating group) is 1. The lowest BCUT2D eigenvalue weighted by Gasteiger charge is -2.37. The van der Waals surface area contributed by atoms with Gasteiger partial charge >= 0.3 is 6.03 Å². The van der Waals surface area contributed by atoms with Gasteiger partial charge in [-0.2, -0.15) is 0 Å². The highest BCUT2D eigenvalue weighted by Crippen LogP contribution is 2.30. The van der Waals surface area contributed by atoms with Gasteiger partial charge in [-0.1, -0.05) is 17.7 Å². The number of ether oxygens (including phenoxy) is 1. The molecule has 30 heavy (non-hydrogen) atoms. The first-order valence-electron chi connectivity index (χ1n) is 9.18. The minimum absolute atomic E-state index is 0.294. The maximum absolute atomic E-state index is 13.1. The fourth-order valence-electron chi connectivity index (χ4n) is 3.63. The lowest BCUT2D eigenvalue weighted by Crippen LogP contribution is -2.65. The summed E-state index contributed by atoms with van der Waals surface area (Å²) in [6.45, 7) is 0. The van der Waals surface area contributed by atoms with E-state index in [-0.39, 0.29) is 0 Å². The van der Waals surface area contributed by atoms with E-state index in [1.165, 1.54) is 7.11 Å². The Labute approximate surface area is 178 Å². The van der Waals surface area contributed by atoms with Crippen molar-refractivity contribution in [2.45, 2.75) is 12.1 Å². The minimum atomic E-state index is -0.760. The first-order valence-corrected chi connectivity index (χ1v) is 9.56. The molecule has 0 saturated carbocycles. The SMILES string of the molecule is COc1cccc(NC(=O)C2=CN(C)C3C(=O)N(c4ccc(Cl)cc4)C(=O)NC23)c1. The van der Waals surface area contributed by atoms with E-state index in [0.717, 1.165) is 4.90 Å². The molecule has 0 bridgehead atoms. The van der Waals surface area contributed by atoms with Crippen LogP contribution in [0.15, 0.2) is 60.3 Å². The van der Waals surface area contributed by atoms with Crippen LogP contribution in [0.3, 0.4) is 0 Å². The van der Waals surface area contributed by atoms with E-state index in [9.17, 15) is 14.4 Å². The summed E-state index contributed by atoms with van der Waals surface area (Å²) in [5.74, 6) is -0.229. The second kappa shape index (κ2) is 7.72. The molecule has 0 aliphatic carbocycles. The van der Waals surface area contributed by atoms with Crippen LogP contribution in [-0.4, -0.2) is 49.0 Å². The molecule has 2 N–H and O–H groups in total. The van der Waals surface area contributed by atoms with Crippen molar-refractivity contribution in [3.05, 3.63) is 65.3 Å². The number of halogens is 1. The number of carbonyl (C=O) groups is 3. The van der Waals surface area contributed by atoms with Crippen molar-refractivity contribution in [2.75, 3.05) is 24.4 Å². The first kappa shape index (κ1) is 19.8. The molecule has 9 heteroatoms. The molecule has 2 unspecified atom stereocenters. The summed E-state index contributed by atoms with van der Waals surface area (Å²) >= 11 is 5.90. The summed E-state index contributed by atoms with van der Waals surface area (Å²) in [6.07, 6.45) is 1.58. The van der Waals surface area contributed by atoms with E-state index in [4.69, 9.17) is 16.3 Å². The maximum Gasteiger partial charge on any atom is 0.329 e. The Balaban J connectivity index is 1.56. The summed E-state index contributed by atoms with van der Waals surface area (Å²) in [5.41, 5.74) is 1.24. The molecule has 154 valence electrons. The van der Waals surface area contributed by atoms with E-state index in [1.807, 2.05) is 0 Å². The highest BCUT2D eigenvalue weighted by atomic mass is 35.5. The van der Waals surface area contributed by atoms with Gasteiger partial charge in [-0.05, 0) is 36.4 Å². The molecular formula is C21H19ClN4O4. The Bertz CT molecular complexity index is 1050. The molecule has 0 aromatic heterocycles. The smallest absolute Gasteiger partial charge is 0.329 e. The van der Waals surface area contributed by atoms with Gasteiger partial charge in [0.1, 0.15) is 11.8 Å². The van der Waals surface area contributed by atoms with Crippen molar-refractivity contribution in [3.8, 4) is 5.75 Å². The van der Waals surface area contributed by atoms with Crippen molar-refractivity contribution in [1.82, 2.24) is 10.2 Å². The Hall–Kier alpha value is -3.52. The molecule has 2 aromatic carbocycles. The summed E-state index contributed by atoms with van der Waals surface area (Å²) in [4.78, 5) is 41.4. The van der Waals surface area contributed by atoms with Crippen LogP contribution in [0, 0.1) is 0 Å². The van der Waals surface area contributed by atoms with Crippen LogP contribution in [0.1, 0.15) is 0 Å². The number of nitrogens with one attached hydrogen (secondary N) is 2. The second-order valence-corrected chi connectivity index (χ2v) is 7.39. The predicted octanol–water partition coefficient (Wildman–Crippen LogP) is 2.61. The average molecular weight is 427 g/mol. The van der Waals surface area contributed by atoms with Crippen molar-refractivity contribution < 1.29 is 19.1 Å². The minimum Gasteiger partial charge on any atom is -0.497 e. The molecule has 4 rings (SSSR count). The Morgan fingerprint density at radius 3 is 2.60 bits per heavy atom. The third kappa shape index (κ3) is 3.46. The number of hydrogen-bond acceptors (Lipinski definition) is 5. The molecule has 2 atom stereocenters. The Kier molecular flexibility index (Phi) is 5.09. The summed E-state index contributed by atoms with van der Waals surface area (Å²) < 4.78 is 5.16. The molecule has 0 spiro atoms. The normalized spacial score (nSPS) is 20.4. The molecule has 1 fully saturated rings. The van der Waals surface area contributed by atoms with Crippen LogP contribution >= 0.6 is 11.6 Å². The molecular weight excluding hydrogens is 408 g/mol. The van der Waals surface area contributed by atoms with Gasteiger partial charge in [-0.25, -0.2) is 9.69 Å². The fourth-order valence-corrected chi connectivity index (χ4v) is 3.75. The van der Waals surface area contributed by atoms with Crippen LogP contribution in [0.5, 0.6) is 5.75 Å². The van der Waals surface area contributed by atoms with Crippen molar-refractivity contribution in [3.63, 3.8) is 0 Å². The Morgan fingerprint density at radius 1 is 1.17 bits per heavy atom. The largest absolute Gasteiger partial charge is 0.497 e. The lowest BCUT2D eigenvalue weighted by atomic mass is 9.99. The maximum atomic E-state index is 13.1. The standard InChI is InChI=1S/C21H19ClN4O4/c1-25-11-16(19(27)23-13-4-3-5-15(10-13)30-2)17-18(25)20(28)26(21(29)24-17)14-8-6-12(22)7-9-14/h3-11,17-18H,1-2H3,(H,23,27)(H,24,29). The van der Waals surface area contributed by atoms with Gasteiger partial charge in [-0.15, -0.1) is 0 Å². The van der Waals surface area contributed by atoms with E-state index < -0.39 is 29.9 Å². The highest BCUT2D eigenvalue weighted by molar-refractivity contribution is 6.30. The van der Waals surface area contributed by atoms with Gasteiger partial charge in [0.15, 0.2) is 0 Å². The number of fused-ring (bicyclic) bond motifs is 1. The van der Waals surface area contributed by atoms with Crippen LogP contribution < -0.4 is 20.3 Å². The number of nitrogens with zero attached hydrogens (tertiary/aromatic N) is 2. The fraction of sp³-hybridized carbons (Fsp3) is 0.190. The summed E-state index contributed by atoms with van der Waals surface area (Å²) in [6, 6.07) is 11.2. The number of carbonyl (C=O) groups excluding carboxylic acids is 3. The average Bonchev–Trinajstić information content (AvgIpc) is 3.06. The van der Waals surface area contributed by atoms with Crippen LogP contribution in [-0.2, 0) is 9.59 Å². The molecule has 2 aliphatic rings. The number of hydrogen-bond donors (Lipinski definition) is 2. The number of benzene rings is 2. The van der Waals surface area contributed by atoms with Crippen LogP contribution in [0.2, 0.25) is 5.02 Å². The number of urea groups is 1. The van der Waals surface area contributed by atoms with Crippen LogP contribution in [0.4, 0.5) is 16.2 Å². The topological polar surface area (TPSA) is 91.0 Å². The zero-order chi connectivity index (χ0) is 21.4. The van der Waals surface area contributed by atoms with E-state index in [2.05, 4.69) is 10.6 Å². The first-order chi connectivity index (χ1) is 14.4. The lowest BCUT2D eigenvalue weighted by molar-refractivity contribution is -0.122. The van der Waals surface area contributed by atoms with Crippen molar-refractivity contribution in [1.29, 1.82) is 0 Å². The molecule has 8 nitrogen and oxygen atoms in total. The number of methoxy groups -OCH3 is 1. The third-order valence-electron chi connectivity index (χ3n) is 5.06. The van der Waals surface area contributed by atoms with Gasteiger partial charge in [0.25, 0.3) is 11.8 Å². The van der Waals surface area contributed by atoms with Gasteiger partial charge in [0.05, 0.1) is 24.4 Å². The van der Waals surface area contributed by atoms with E-state index in [1.54, 1.807) is 66.7 Å². The number of imide groups is 1. The zero-order valence-corrected chi connectivity index (χ0v) is 17.0. The molecule has 2 heterocycles. The van der Waals surface area contributed by atoms with Crippen LogP contribution in [0.25, 0.3) is 0 Å². The number of amides is 4. The van der Waals surface area contributed by atoms with Crippen molar-refractivity contribution >= 4 is 40.8 Å². The van der Waals surface area contributed by atoms with Gasteiger partial charge in [0, 0.05) is 30.0 Å². The number of rotatable bonds is 4. The highest BCUT2D eigenvalue weighted by Gasteiger charge is 2.49. The molecule has 2 aliphatic heterocycles. The summed E-state index contributed by atoms with van der Waals surface area (Å²) in [7, 11) is 3.23. The second-order valence-electron chi connectivity index (χ2n) is 6.96. The van der Waals surface area contributed by atoms with E-state index in [0.29, 0.717) is 27.7 Å². The van der Waals surface area contributed by atoms with Gasteiger partial charge in [-0.3, -0.25) is 9.59 Å².